The van der Waals surface area contributed by atoms with E-state index in [9.17, 15) is 15.0 Å². The molecule has 0 saturated heterocycles. The zero-order chi connectivity index (χ0) is 17.0. The van der Waals surface area contributed by atoms with Gasteiger partial charge in [0.15, 0.2) is 0 Å². The largest absolute Gasteiger partial charge is 2.00 e. The average molecular weight is 348 g/mol. The number of hydrogen-bond donors (Lipinski definition) is 3. The maximum atomic E-state index is 11.2. The van der Waals surface area contributed by atoms with Crippen LogP contribution in [0, 0.1) is 0 Å². The summed E-state index contributed by atoms with van der Waals surface area (Å²) in [6.07, 6.45) is 0.250. The number of hydrogen-bond acceptors (Lipinski definition) is 3. The number of benzene rings is 1. The van der Waals surface area contributed by atoms with Crippen LogP contribution in [0.5, 0.6) is 5.75 Å². The number of phenols is 1. The Morgan fingerprint density at radius 1 is 1.09 bits per heavy atom. The van der Waals surface area contributed by atoms with E-state index in [4.69, 9.17) is 4.79 Å². The van der Waals surface area contributed by atoms with Crippen LogP contribution >= 0.6 is 0 Å². The molecule has 1 rings (SSSR count). The van der Waals surface area contributed by atoms with E-state index >= 15 is 0 Å². The molecule has 0 fully saturated rings. The van der Waals surface area contributed by atoms with Gasteiger partial charge >= 0.3 is 52.1 Å². The molecular formula is C16H29Mg2NO4. The SMILES string of the molecule is CC(C)(C)c1cc(C(=O)O)c(O)c(C(C)(C)C)c1.NC=O.[H-].[H-].[H-].[H-].[Mg+2].[Mg+2]. The van der Waals surface area contributed by atoms with Gasteiger partial charge in [0, 0.05) is 5.56 Å². The number of rotatable bonds is 1. The van der Waals surface area contributed by atoms with E-state index < -0.39 is 5.97 Å². The van der Waals surface area contributed by atoms with E-state index in [1.807, 2.05) is 47.6 Å². The summed E-state index contributed by atoms with van der Waals surface area (Å²) < 4.78 is 0. The van der Waals surface area contributed by atoms with Gasteiger partial charge in [-0.1, -0.05) is 47.6 Å². The molecule has 5 nitrogen and oxygen atoms in total. The summed E-state index contributed by atoms with van der Waals surface area (Å²) >= 11 is 0. The summed E-state index contributed by atoms with van der Waals surface area (Å²) in [6, 6.07) is 3.47. The van der Waals surface area contributed by atoms with Crippen LogP contribution in [0.1, 0.15) is 68.7 Å². The van der Waals surface area contributed by atoms with Gasteiger partial charge in [0.2, 0.25) is 6.41 Å². The number of primary amides is 1. The van der Waals surface area contributed by atoms with Gasteiger partial charge in [0.1, 0.15) is 11.3 Å². The molecule has 0 bridgehead atoms. The molecule has 7 heteroatoms. The van der Waals surface area contributed by atoms with Crippen LogP contribution in [0.4, 0.5) is 0 Å². The van der Waals surface area contributed by atoms with Crippen molar-refractivity contribution in [2.75, 3.05) is 0 Å². The third kappa shape index (κ3) is 8.23. The second-order valence-corrected chi connectivity index (χ2v) is 6.86. The van der Waals surface area contributed by atoms with Crippen molar-refractivity contribution in [2.45, 2.75) is 52.4 Å². The van der Waals surface area contributed by atoms with Gasteiger partial charge in [0.25, 0.3) is 0 Å². The number of amides is 1. The molecule has 0 aliphatic rings. The van der Waals surface area contributed by atoms with Gasteiger partial charge in [-0.25, -0.2) is 4.79 Å². The number of carboxylic acids is 1. The number of aromatic carboxylic acids is 1. The van der Waals surface area contributed by atoms with E-state index in [2.05, 4.69) is 5.73 Å². The molecule has 0 aromatic heterocycles. The molecule has 0 saturated carbocycles. The molecule has 0 aliphatic carbocycles. The molecule has 0 aliphatic heterocycles. The summed E-state index contributed by atoms with van der Waals surface area (Å²) in [5.41, 5.74) is 5.29. The monoisotopic (exact) mass is 347 g/mol. The Morgan fingerprint density at radius 2 is 1.48 bits per heavy atom. The van der Waals surface area contributed by atoms with Gasteiger partial charge in [-0.3, -0.25) is 4.79 Å². The molecule has 23 heavy (non-hydrogen) atoms. The third-order valence-electron chi connectivity index (χ3n) is 3.01. The fraction of sp³-hybridized carbons (Fsp3) is 0.500. The molecule has 0 radical (unpaired) electrons. The summed E-state index contributed by atoms with van der Waals surface area (Å²) in [7, 11) is 0. The first kappa shape index (κ1) is 27.3. The molecule has 1 aromatic carbocycles. The predicted octanol–water partition coefficient (Wildman–Crippen LogP) is 2.48. The molecular weight excluding hydrogens is 319 g/mol. The Morgan fingerprint density at radius 3 is 1.74 bits per heavy atom. The van der Waals surface area contributed by atoms with Crippen LogP contribution in [0.3, 0.4) is 0 Å². The van der Waals surface area contributed by atoms with Crippen LogP contribution in [0.25, 0.3) is 0 Å². The maximum absolute atomic E-state index is 11.2. The zero-order valence-electron chi connectivity index (χ0n) is 18.9. The fourth-order valence-corrected chi connectivity index (χ4v) is 1.80. The number of nitrogens with two attached hydrogens (primary N) is 1. The Balaban J connectivity index is -0.0000000833. The summed E-state index contributed by atoms with van der Waals surface area (Å²) in [4.78, 5) is 19.8. The van der Waals surface area contributed by atoms with Crippen molar-refractivity contribution in [2.24, 2.45) is 5.73 Å². The zero-order valence-corrected chi connectivity index (χ0v) is 17.8. The summed E-state index contributed by atoms with van der Waals surface area (Å²) in [5.74, 6) is -1.22. The third-order valence-corrected chi connectivity index (χ3v) is 3.01. The van der Waals surface area contributed by atoms with Crippen molar-refractivity contribution >= 4 is 58.5 Å². The molecule has 0 spiro atoms. The van der Waals surface area contributed by atoms with Crippen molar-refractivity contribution in [3.05, 3.63) is 28.8 Å². The molecule has 126 valence electrons. The van der Waals surface area contributed by atoms with Crippen molar-refractivity contribution in [3.8, 4) is 5.75 Å². The van der Waals surface area contributed by atoms with Gasteiger partial charge in [-0.2, -0.15) is 0 Å². The Kier molecular flexibility index (Phi) is 12.3. The minimum Gasteiger partial charge on any atom is -1.00 e. The Hall–Kier alpha value is -0.508. The molecule has 1 aromatic rings. The van der Waals surface area contributed by atoms with Gasteiger partial charge in [-0.05, 0) is 22.5 Å². The van der Waals surface area contributed by atoms with Crippen LogP contribution < -0.4 is 5.73 Å². The normalized spacial score (nSPS) is 10.3. The molecule has 0 unspecified atom stereocenters. The Bertz CT molecular complexity index is 548. The van der Waals surface area contributed by atoms with Gasteiger partial charge < -0.3 is 21.7 Å². The smallest absolute Gasteiger partial charge is 1.00 e. The second kappa shape index (κ2) is 10.4. The number of aromatic hydroxyl groups is 1. The topological polar surface area (TPSA) is 101 Å². The van der Waals surface area contributed by atoms with Crippen molar-refractivity contribution in [1.82, 2.24) is 0 Å². The van der Waals surface area contributed by atoms with Crippen molar-refractivity contribution in [1.29, 1.82) is 0 Å². The van der Waals surface area contributed by atoms with Gasteiger partial charge in [-0.15, -0.1) is 0 Å². The van der Waals surface area contributed by atoms with Gasteiger partial charge in [0.05, 0.1) is 0 Å². The second-order valence-electron chi connectivity index (χ2n) is 6.86. The first-order valence-corrected chi connectivity index (χ1v) is 6.63. The minimum atomic E-state index is -1.09. The Labute approximate surface area is 176 Å². The number of carbonyl (C=O) groups excluding carboxylic acids is 1. The van der Waals surface area contributed by atoms with E-state index in [1.165, 1.54) is 0 Å². The standard InChI is InChI=1S/C15H22O3.CH3NO.2Mg.4H/c1-14(2,3)9-7-10(13(17)18)12(16)11(8-9)15(4,5)6;2-1-3;;;;;;/h7-8,16H,1-6H3,(H,17,18);1H,(H2,2,3);;;;;;/q;;2*+2;4*-1. The van der Waals surface area contributed by atoms with Crippen LogP contribution in [-0.4, -0.2) is 68.7 Å². The quantitative estimate of drug-likeness (QED) is 0.536. The molecule has 4 N–H and O–H groups in total. The first-order chi connectivity index (χ1) is 9.36. The molecule has 1 amide bonds. The van der Waals surface area contributed by atoms with E-state index in [0.717, 1.165) is 5.56 Å². The number of carbonyl (C=O) groups is 2. The average Bonchev–Trinajstić information content (AvgIpc) is 2.26. The molecule has 0 heterocycles. The summed E-state index contributed by atoms with van der Waals surface area (Å²) in [6.45, 7) is 12.0. The van der Waals surface area contributed by atoms with E-state index in [-0.39, 0.29) is 80.4 Å². The molecule has 0 atom stereocenters. The fourth-order valence-electron chi connectivity index (χ4n) is 1.80. The van der Waals surface area contributed by atoms with Crippen LogP contribution in [0.15, 0.2) is 12.1 Å². The van der Waals surface area contributed by atoms with Crippen molar-refractivity contribution < 1.29 is 25.5 Å². The van der Waals surface area contributed by atoms with Crippen LogP contribution in [-0.2, 0) is 15.6 Å². The minimum absolute atomic E-state index is 0. The summed E-state index contributed by atoms with van der Waals surface area (Å²) in [5, 5.41) is 19.3. The maximum Gasteiger partial charge on any atom is 2.00 e. The predicted molar refractivity (Wildman–Crippen MR) is 98.7 cm³/mol. The first-order valence-electron chi connectivity index (χ1n) is 6.63. The van der Waals surface area contributed by atoms with E-state index in [1.54, 1.807) is 6.07 Å². The van der Waals surface area contributed by atoms with Crippen LogP contribution in [0.2, 0.25) is 0 Å². The van der Waals surface area contributed by atoms with E-state index in [0.29, 0.717) is 5.56 Å². The van der Waals surface area contributed by atoms with Crippen molar-refractivity contribution in [3.63, 3.8) is 0 Å². The number of carboxylic acid groups (broad SMARTS) is 1.